The topological polar surface area (TPSA) is 20.2 Å². The van der Waals surface area contributed by atoms with Crippen LogP contribution in [0.5, 0.6) is 0 Å². The first-order chi connectivity index (χ1) is 7.31. The van der Waals surface area contributed by atoms with Crippen LogP contribution in [0.25, 0.3) is 10.1 Å². The van der Waals surface area contributed by atoms with Crippen molar-refractivity contribution in [2.45, 2.75) is 33.3 Å². The number of aliphatic hydroxyl groups is 1. The summed E-state index contributed by atoms with van der Waals surface area (Å²) in [7, 11) is 0. The zero-order valence-electron chi connectivity index (χ0n) is 9.53. The Hall–Kier alpha value is -0.860. The molecule has 0 aliphatic carbocycles. The summed E-state index contributed by atoms with van der Waals surface area (Å²) in [4.78, 5) is 1.07. The summed E-state index contributed by atoms with van der Waals surface area (Å²) in [5, 5.41) is 10.9. The molecule has 2 heteroatoms. The van der Waals surface area contributed by atoms with Crippen LogP contribution in [0.2, 0.25) is 0 Å². The second kappa shape index (κ2) is 5.89. The van der Waals surface area contributed by atoms with Crippen molar-refractivity contribution in [3.05, 3.63) is 35.2 Å². The first-order valence-electron chi connectivity index (χ1n) is 5.48. The van der Waals surface area contributed by atoms with E-state index in [9.17, 15) is 5.11 Å². The minimum Gasteiger partial charge on any atom is -0.388 e. The first kappa shape index (κ1) is 12.2. The molecule has 0 bridgehead atoms. The van der Waals surface area contributed by atoms with Gasteiger partial charge in [-0.25, -0.2) is 0 Å². The molecule has 1 aromatic heterocycles. The van der Waals surface area contributed by atoms with Gasteiger partial charge in [-0.3, -0.25) is 0 Å². The number of hydrogen-bond acceptors (Lipinski definition) is 2. The van der Waals surface area contributed by atoms with Crippen molar-refractivity contribution in [1.82, 2.24) is 0 Å². The zero-order chi connectivity index (χ0) is 11.3. The quantitative estimate of drug-likeness (QED) is 0.800. The average Bonchev–Trinajstić information content (AvgIpc) is 2.74. The maximum atomic E-state index is 9.64. The molecule has 1 N–H and O–H groups in total. The third-order valence-electron chi connectivity index (χ3n) is 2.16. The van der Waals surface area contributed by atoms with Gasteiger partial charge in [0.05, 0.1) is 6.10 Å². The average molecular weight is 222 g/mol. The van der Waals surface area contributed by atoms with Gasteiger partial charge in [-0.1, -0.05) is 39.0 Å². The summed E-state index contributed by atoms with van der Waals surface area (Å²) in [6.45, 7) is 6.00. The van der Waals surface area contributed by atoms with Gasteiger partial charge in [0, 0.05) is 9.58 Å². The SMILES string of the molecule is CC.CCC(O)c1cc2ccccc2s1. The fraction of sp³-hybridized carbons (Fsp3) is 0.385. The number of hydrogen-bond donors (Lipinski definition) is 1. The summed E-state index contributed by atoms with van der Waals surface area (Å²) < 4.78 is 1.25. The van der Waals surface area contributed by atoms with Gasteiger partial charge in [0.1, 0.15) is 0 Å². The fourth-order valence-electron chi connectivity index (χ4n) is 1.37. The van der Waals surface area contributed by atoms with Crippen LogP contribution in [-0.2, 0) is 0 Å². The molecule has 2 aromatic rings. The van der Waals surface area contributed by atoms with Crippen molar-refractivity contribution in [3.63, 3.8) is 0 Å². The van der Waals surface area contributed by atoms with Crippen molar-refractivity contribution in [3.8, 4) is 0 Å². The smallest absolute Gasteiger partial charge is 0.0879 e. The Morgan fingerprint density at radius 2 is 1.93 bits per heavy atom. The van der Waals surface area contributed by atoms with Crippen molar-refractivity contribution >= 4 is 21.4 Å². The Morgan fingerprint density at radius 1 is 1.27 bits per heavy atom. The highest BCUT2D eigenvalue weighted by Crippen LogP contribution is 2.30. The monoisotopic (exact) mass is 222 g/mol. The number of thiophene rings is 1. The summed E-state index contributed by atoms with van der Waals surface area (Å²) >= 11 is 1.68. The van der Waals surface area contributed by atoms with E-state index >= 15 is 0 Å². The van der Waals surface area contributed by atoms with Crippen LogP contribution in [0.3, 0.4) is 0 Å². The first-order valence-corrected chi connectivity index (χ1v) is 6.29. The van der Waals surface area contributed by atoms with Gasteiger partial charge in [0.2, 0.25) is 0 Å². The fourth-order valence-corrected chi connectivity index (χ4v) is 2.50. The van der Waals surface area contributed by atoms with Crippen LogP contribution in [0, 0.1) is 0 Å². The number of aliphatic hydroxyl groups excluding tert-OH is 1. The van der Waals surface area contributed by atoms with Crippen molar-refractivity contribution < 1.29 is 5.11 Å². The minimum atomic E-state index is -0.294. The van der Waals surface area contributed by atoms with E-state index in [0.717, 1.165) is 11.3 Å². The van der Waals surface area contributed by atoms with Gasteiger partial charge in [0.15, 0.2) is 0 Å². The summed E-state index contributed by atoms with van der Waals surface area (Å²) in [6, 6.07) is 10.3. The summed E-state index contributed by atoms with van der Waals surface area (Å²) in [6.07, 6.45) is 0.490. The molecule has 0 fully saturated rings. The van der Waals surface area contributed by atoms with Gasteiger partial charge in [0.25, 0.3) is 0 Å². The van der Waals surface area contributed by atoms with Gasteiger partial charge >= 0.3 is 0 Å². The predicted octanol–water partition coefficient (Wildman–Crippen LogP) is 4.37. The number of fused-ring (bicyclic) bond motifs is 1. The molecule has 1 heterocycles. The van der Waals surface area contributed by atoms with E-state index in [2.05, 4.69) is 18.2 Å². The van der Waals surface area contributed by atoms with Gasteiger partial charge in [-0.15, -0.1) is 11.3 Å². The largest absolute Gasteiger partial charge is 0.388 e. The molecule has 1 unspecified atom stereocenters. The normalized spacial score (nSPS) is 12.0. The molecule has 15 heavy (non-hydrogen) atoms. The minimum absolute atomic E-state index is 0.294. The van der Waals surface area contributed by atoms with Crippen LogP contribution in [0.1, 0.15) is 38.2 Å². The Balaban J connectivity index is 0.000000531. The van der Waals surface area contributed by atoms with Crippen LogP contribution in [0.4, 0.5) is 0 Å². The maximum Gasteiger partial charge on any atom is 0.0879 e. The Bertz CT molecular complexity index is 373. The van der Waals surface area contributed by atoms with Crippen molar-refractivity contribution in [2.75, 3.05) is 0 Å². The van der Waals surface area contributed by atoms with Crippen molar-refractivity contribution in [2.24, 2.45) is 0 Å². The predicted molar refractivity (Wildman–Crippen MR) is 68.4 cm³/mol. The lowest BCUT2D eigenvalue weighted by molar-refractivity contribution is 0.177. The Labute approximate surface area is 95.4 Å². The molecule has 2 rings (SSSR count). The molecule has 1 nitrogen and oxygen atoms in total. The van der Waals surface area contributed by atoms with Crippen LogP contribution >= 0.6 is 11.3 Å². The third kappa shape index (κ3) is 2.80. The molecule has 0 spiro atoms. The van der Waals surface area contributed by atoms with E-state index in [1.54, 1.807) is 11.3 Å². The Kier molecular flexibility index (Phi) is 4.79. The third-order valence-corrected chi connectivity index (χ3v) is 3.38. The molecular formula is C13H18OS. The van der Waals surface area contributed by atoms with E-state index in [1.165, 1.54) is 10.1 Å². The molecule has 0 radical (unpaired) electrons. The molecule has 0 saturated heterocycles. The molecule has 1 aromatic carbocycles. The highest BCUT2D eigenvalue weighted by Gasteiger charge is 2.08. The lowest BCUT2D eigenvalue weighted by Gasteiger charge is -2.01. The molecule has 82 valence electrons. The second-order valence-electron chi connectivity index (χ2n) is 3.11. The van der Waals surface area contributed by atoms with E-state index < -0.39 is 0 Å². The van der Waals surface area contributed by atoms with Crippen LogP contribution in [0.15, 0.2) is 30.3 Å². The number of rotatable bonds is 2. The second-order valence-corrected chi connectivity index (χ2v) is 4.23. The summed E-state index contributed by atoms with van der Waals surface area (Å²) in [5.41, 5.74) is 0. The molecule has 0 aliphatic heterocycles. The maximum absolute atomic E-state index is 9.64. The number of benzene rings is 1. The lowest BCUT2D eigenvalue weighted by Crippen LogP contribution is -1.89. The molecule has 0 amide bonds. The zero-order valence-corrected chi connectivity index (χ0v) is 10.3. The molecular weight excluding hydrogens is 204 g/mol. The van der Waals surface area contributed by atoms with E-state index in [-0.39, 0.29) is 6.10 Å². The van der Waals surface area contributed by atoms with Crippen molar-refractivity contribution in [1.29, 1.82) is 0 Å². The highest BCUT2D eigenvalue weighted by molar-refractivity contribution is 7.19. The van der Waals surface area contributed by atoms with E-state index in [4.69, 9.17) is 0 Å². The van der Waals surface area contributed by atoms with Gasteiger partial charge in [-0.2, -0.15) is 0 Å². The van der Waals surface area contributed by atoms with Crippen LogP contribution in [-0.4, -0.2) is 5.11 Å². The standard InChI is InChI=1S/C11H12OS.C2H6/c1-2-9(12)11-7-8-5-3-4-6-10(8)13-11;1-2/h3-7,9,12H,2H2,1H3;1-2H3. The Morgan fingerprint density at radius 3 is 2.53 bits per heavy atom. The molecule has 0 saturated carbocycles. The molecule has 1 atom stereocenters. The summed E-state index contributed by atoms with van der Waals surface area (Å²) in [5.74, 6) is 0. The lowest BCUT2D eigenvalue weighted by atomic mass is 10.2. The van der Waals surface area contributed by atoms with E-state index in [1.807, 2.05) is 32.9 Å². The van der Waals surface area contributed by atoms with Gasteiger partial charge < -0.3 is 5.11 Å². The highest BCUT2D eigenvalue weighted by atomic mass is 32.1. The van der Waals surface area contributed by atoms with Gasteiger partial charge in [-0.05, 0) is 23.9 Å². The molecule has 0 aliphatic rings. The van der Waals surface area contributed by atoms with Crippen LogP contribution < -0.4 is 0 Å². The van der Waals surface area contributed by atoms with E-state index in [0.29, 0.717) is 0 Å².